The number of methoxy groups -OCH3 is 1. The van der Waals surface area contributed by atoms with Crippen molar-refractivity contribution in [2.24, 2.45) is 0 Å². The third kappa shape index (κ3) is 3.91. The topological polar surface area (TPSA) is 69.7 Å². The number of furan rings is 1. The Hall–Kier alpha value is -3.06. The van der Waals surface area contributed by atoms with Gasteiger partial charge in [0.15, 0.2) is 5.76 Å². The first-order valence-corrected chi connectivity index (χ1v) is 9.70. The Balaban J connectivity index is 1.75. The molecule has 1 aliphatic heterocycles. The average Bonchev–Trinajstić information content (AvgIpc) is 3.33. The fraction of sp³-hybridized carbons (Fsp3) is 0.364. The summed E-state index contributed by atoms with van der Waals surface area (Å²) in [6.45, 7) is 6.94. The number of benzene rings is 1. The monoisotopic (exact) mass is 395 g/mol. The number of amides is 1. The summed E-state index contributed by atoms with van der Waals surface area (Å²) in [6.07, 6.45) is -0.0143. The van der Waals surface area contributed by atoms with E-state index < -0.39 is 0 Å². The number of nitrogens with zero attached hydrogens (tertiary/aromatic N) is 3. The highest BCUT2D eigenvalue weighted by Gasteiger charge is 2.29. The molecule has 1 amide bonds. The number of hydrogen-bond donors (Lipinski definition) is 0. The molecule has 2 atom stereocenters. The van der Waals surface area contributed by atoms with Crippen LogP contribution in [-0.2, 0) is 4.74 Å². The standard InChI is InChI=1S/C22H25N3O4/c1-14-5-10-21(29-14)19-11-20(22(26)24-12-15(2)28-16(3)13-24)25(23-19)17-6-8-18(27-4)9-7-17/h5-11,15-16H,12-13H2,1-4H3/t15-,16-/m1/s1. The lowest BCUT2D eigenvalue weighted by atomic mass is 10.2. The SMILES string of the molecule is COc1ccc(-n2nc(-c3ccc(C)o3)cc2C(=O)N2C[C@@H](C)O[C@H](C)C2)cc1. The maximum Gasteiger partial charge on any atom is 0.272 e. The molecule has 2 aromatic heterocycles. The Bertz CT molecular complexity index is 995. The van der Waals surface area contributed by atoms with Crippen LogP contribution < -0.4 is 4.74 Å². The van der Waals surface area contributed by atoms with Gasteiger partial charge in [-0.15, -0.1) is 0 Å². The summed E-state index contributed by atoms with van der Waals surface area (Å²) < 4.78 is 18.4. The van der Waals surface area contributed by atoms with E-state index in [2.05, 4.69) is 5.10 Å². The Morgan fingerprint density at radius 2 is 1.79 bits per heavy atom. The van der Waals surface area contributed by atoms with Gasteiger partial charge in [-0.3, -0.25) is 4.79 Å². The van der Waals surface area contributed by atoms with E-state index in [9.17, 15) is 4.79 Å². The molecule has 0 N–H and O–H groups in total. The first-order chi connectivity index (χ1) is 13.9. The molecule has 0 unspecified atom stereocenters. The largest absolute Gasteiger partial charge is 0.497 e. The molecular weight excluding hydrogens is 370 g/mol. The molecule has 1 aromatic carbocycles. The molecule has 0 spiro atoms. The quantitative estimate of drug-likeness (QED) is 0.674. The van der Waals surface area contributed by atoms with Crippen LogP contribution in [0.15, 0.2) is 46.9 Å². The Morgan fingerprint density at radius 3 is 2.38 bits per heavy atom. The van der Waals surface area contributed by atoms with Crippen molar-refractivity contribution in [1.82, 2.24) is 14.7 Å². The summed E-state index contributed by atoms with van der Waals surface area (Å²) in [5, 5.41) is 4.68. The first kappa shape index (κ1) is 19.3. The van der Waals surface area contributed by atoms with E-state index >= 15 is 0 Å². The van der Waals surface area contributed by atoms with E-state index in [0.29, 0.717) is 30.2 Å². The third-order valence-electron chi connectivity index (χ3n) is 4.95. The number of aromatic nitrogens is 2. The highest BCUT2D eigenvalue weighted by atomic mass is 16.5. The summed E-state index contributed by atoms with van der Waals surface area (Å²) in [4.78, 5) is 15.2. The molecule has 0 bridgehead atoms. The summed E-state index contributed by atoms with van der Waals surface area (Å²) in [7, 11) is 1.62. The van der Waals surface area contributed by atoms with E-state index in [1.54, 1.807) is 17.9 Å². The van der Waals surface area contributed by atoms with Crippen molar-refractivity contribution >= 4 is 5.91 Å². The minimum absolute atomic E-state index is 0.00717. The fourth-order valence-electron chi connectivity index (χ4n) is 3.65. The number of ether oxygens (including phenoxy) is 2. The van der Waals surface area contributed by atoms with E-state index in [0.717, 1.165) is 17.2 Å². The molecule has 7 nitrogen and oxygen atoms in total. The van der Waals surface area contributed by atoms with Crippen molar-refractivity contribution in [3.63, 3.8) is 0 Å². The van der Waals surface area contributed by atoms with Crippen molar-refractivity contribution in [1.29, 1.82) is 0 Å². The van der Waals surface area contributed by atoms with Gasteiger partial charge >= 0.3 is 0 Å². The van der Waals surface area contributed by atoms with Gasteiger partial charge in [0.1, 0.15) is 22.9 Å². The number of carbonyl (C=O) groups is 1. The predicted molar refractivity (Wildman–Crippen MR) is 108 cm³/mol. The molecular formula is C22H25N3O4. The highest BCUT2D eigenvalue weighted by Crippen LogP contribution is 2.26. The first-order valence-electron chi connectivity index (χ1n) is 9.70. The third-order valence-corrected chi connectivity index (χ3v) is 4.95. The van der Waals surface area contributed by atoms with Gasteiger partial charge < -0.3 is 18.8 Å². The van der Waals surface area contributed by atoms with Crippen LogP contribution in [0.1, 0.15) is 30.1 Å². The second-order valence-corrected chi connectivity index (χ2v) is 7.40. The smallest absolute Gasteiger partial charge is 0.272 e. The maximum absolute atomic E-state index is 13.4. The zero-order valence-electron chi connectivity index (χ0n) is 17.1. The molecule has 3 heterocycles. The van der Waals surface area contributed by atoms with E-state index in [1.807, 2.05) is 62.1 Å². The van der Waals surface area contributed by atoms with Crippen LogP contribution in [0.2, 0.25) is 0 Å². The molecule has 29 heavy (non-hydrogen) atoms. The lowest BCUT2D eigenvalue weighted by Gasteiger charge is -2.35. The molecule has 1 fully saturated rings. The number of carbonyl (C=O) groups excluding carboxylic acids is 1. The van der Waals surface area contributed by atoms with Gasteiger partial charge in [-0.1, -0.05) is 0 Å². The van der Waals surface area contributed by atoms with Crippen molar-refractivity contribution in [2.45, 2.75) is 33.0 Å². The summed E-state index contributed by atoms with van der Waals surface area (Å²) in [5.74, 6) is 2.09. The van der Waals surface area contributed by atoms with Crippen LogP contribution in [0, 0.1) is 6.92 Å². The van der Waals surface area contributed by atoms with Crippen LogP contribution in [0.5, 0.6) is 5.75 Å². The lowest BCUT2D eigenvalue weighted by Crippen LogP contribution is -2.48. The van der Waals surface area contributed by atoms with Gasteiger partial charge in [0.05, 0.1) is 25.0 Å². The predicted octanol–water partition coefficient (Wildman–Crippen LogP) is 3.70. The van der Waals surface area contributed by atoms with Crippen molar-refractivity contribution in [2.75, 3.05) is 20.2 Å². The van der Waals surface area contributed by atoms with Gasteiger partial charge in [0, 0.05) is 19.2 Å². The van der Waals surface area contributed by atoms with Crippen molar-refractivity contribution < 1.29 is 18.7 Å². The minimum Gasteiger partial charge on any atom is -0.497 e. The molecule has 152 valence electrons. The van der Waals surface area contributed by atoms with Gasteiger partial charge in [0.25, 0.3) is 5.91 Å². The van der Waals surface area contributed by atoms with Crippen LogP contribution in [0.4, 0.5) is 0 Å². The van der Waals surface area contributed by atoms with Gasteiger partial charge in [-0.05, 0) is 57.2 Å². The van der Waals surface area contributed by atoms with Crippen LogP contribution in [0.3, 0.4) is 0 Å². The molecule has 1 saturated heterocycles. The minimum atomic E-state index is -0.0788. The van der Waals surface area contributed by atoms with Crippen molar-refractivity contribution in [3.05, 3.63) is 53.9 Å². The van der Waals surface area contributed by atoms with E-state index in [-0.39, 0.29) is 18.1 Å². The van der Waals surface area contributed by atoms with Crippen LogP contribution in [0.25, 0.3) is 17.1 Å². The summed E-state index contributed by atoms with van der Waals surface area (Å²) in [6, 6.07) is 13.0. The second kappa shape index (κ2) is 7.75. The number of morpholine rings is 1. The lowest BCUT2D eigenvalue weighted by molar-refractivity contribution is -0.0588. The normalized spacial score (nSPS) is 19.4. The van der Waals surface area contributed by atoms with Gasteiger partial charge in [-0.25, -0.2) is 4.68 Å². The molecule has 0 aliphatic carbocycles. The number of rotatable bonds is 4. The van der Waals surface area contributed by atoms with Crippen LogP contribution in [-0.4, -0.2) is 53.0 Å². The van der Waals surface area contributed by atoms with E-state index in [4.69, 9.17) is 13.9 Å². The molecule has 3 aromatic rings. The Kier molecular flexibility index (Phi) is 5.15. The molecule has 4 rings (SSSR count). The zero-order valence-corrected chi connectivity index (χ0v) is 17.1. The number of hydrogen-bond acceptors (Lipinski definition) is 5. The van der Waals surface area contributed by atoms with Gasteiger partial charge in [-0.2, -0.15) is 5.10 Å². The van der Waals surface area contributed by atoms with Gasteiger partial charge in [0.2, 0.25) is 0 Å². The second-order valence-electron chi connectivity index (χ2n) is 7.40. The van der Waals surface area contributed by atoms with E-state index in [1.165, 1.54) is 0 Å². The molecule has 7 heteroatoms. The van der Waals surface area contributed by atoms with Crippen LogP contribution >= 0.6 is 0 Å². The molecule has 0 radical (unpaired) electrons. The average molecular weight is 395 g/mol. The summed E-state index contributed by atoms with van der Waals surface area (Å²) in [5.41, 5.74) is 1.88. The number of aryl methyl sites for hydroxylation is 1. The zero-order chi connectivity index (χ0) is 20.5. The Labute approximate surface area is 169 Å². The highest BCUT2D eigenvalue weighted by molar-refractivity contribution is 5.94. The fourth-order valence-corrected chi connectivity index (χ4v) is 3.65. The van der Waals surface area contributed by atoms with Crippen molar-refractivity contribution in [3.8, 4) is 22.9 Å². The maximum atomic E-state index is 13.4. The molecule has 0 saturated carbocycles. The molecule has 1 aliphatic rings. The summed E-state index contributed by atoms with van der Waals surface area (Å²) >= 11 is 0. The Morgan fingerprint density at radius 1 is 1.10 bits per heavy atom.